The Bertz CT molecular complexity index is 1000. The maximum absolute atomic E-state index is 13.4. The molecule has 1 aliphatic carbocycles. The van der Waals surface area contributed by atoms with Crippen LogP contribution < -0.4 is 15.8 Å². The summed E-state index contributed by atoms with van der Waals surface area (Å²) in [6.45, 7) is 0.756. The van der Waals surface area contributed by atoms with E-state index in [1.165, 1.54) is 27.8 Å². The summed E-state index contributed by atoms with van der Waals surface area (Å²) >= 11 is 0. The average molecular weight is 398 g/mol. The van der Waals surface area contributed by atoms with E-state index in [0.717, 1.165) is 36.9 Å². The number of fused-ring (bicyclic) bond motifs is 1. The number of carbonyl (C=O) groups is 2. The molecule has 1 fully saturated rings. The molecule has 2 amide bonds. The third-order valence-corrected chi connectivity index (χ3v) is 5.51. The first-order chi connectivity index (χ1) is 14.0. The lowest BCUT2D eigenvalue weighted by molar-refractivity contribution is -0.126. The van der Waals surface area contributed by atoms with Crippen molar-refractivity contribution >= 4 is 17.5 Å². The monoisotopic (exact) mass is 398 g/mol. The molecule has 1 unspecified atom stereocenters. The fourth-order valence-electron chi connectivity index (χ4n) is 3.97. The largest absolute Gasteiger partial charge is 0.354 e. The maximum Gasteiger partial charge on any atom is 0.267 e. The third-order valence-electron chi connectivity index (χ3n) is 5.51. The van der Waals surface area contributed by atoms with Crippen molar-refractivity contribution < 1.29 is 14.0 Å². The number of benzene rings is 1. The fourth-order valence-corrected chi connectivity index (χ4v) is 3.97. The van der Waals surface area contributed by atoms with Crippen LogP contribution in [-0.4, -0.2) is 34.7 Å². The van der Waals surface area contributed by atoms with Gasteiger partial charge in [0.25, 0.3) is 5.56 Å². The topological polar surface area (TPSA) is 84.3 Å². The zero-order valence-corrected chi connectivity index (χ0v) is 16.1. The minimum absolute atomic E-state index is 0.0827. The standard InChI is InChI=1S/C21H23FN4O3/c22-16-5-3-6-17(12-16)25-13-15(11-19(25)27)21(29)23-8-9-26-20(28)10-14-4-1-2-7-18(14)24-26/h3,5-6,10,12,15H,1-2,4,7-9,11,13H2,(H,23,29). The SMILES string of the molecule is O=C(NCCn1nc2c(cc1=O)CCCC2)C1CC(=O)N(c2cccc(F)c2)C1. The molecule has 4 rings (SSSR count). The van der Waals surface area contributed by atoms with Crippen LogP contribution >= 0.6 is 0 Å². The van der Waals surface area contributed by atoms with Gasteiger partial charge in [0.15, 0.2) is 0 Å². The summed E-state index contributed by atoms with van der Waals surface area (Å²) in [5.74, 6) is -1.38. The van der Waals surface area contributed by atoms with Crippen molar-refractivity contribution in [3.8, 4) is 0 Å². The van der Waals surface area contributed by atoms with Gasteiger partial charge in [0.2, 0.25) is 11.8 Å². The van der Waals surface area contributed by atoms with Gasteiger partial charge < -0.3 is 10.2 Å². The summed E-state index contributed by atoms with van der Waals surface area (Å²) in [6, 6.07) is 7.43. The lowest BCUT2D eigenvalue weighted by Crippen LogP contribution is -2.37. The Morgan fingerprint density at radius 1 is 1.21 bits per heavy atom. The molecule has 1 atom stereocenters. The van der Waals surface area contributed by atoms with Gasteiger partial charge in [0.1, 0.15) is 5.82 Å². The Morgan fingerprint density at radius 2 is 2.03 bits per heavy atom. The zero-order chi connectivity index (χ0) is 20.4. The highest BCUT2D eigenvalue weighted by Crippen LogP contribution is 2.25. The lowest BCUT2D eigenvalue weighted by atomic mass is 9.97. The van der Waals surface area contributed by atoms with Crippen LogP contribution in [0.5, 0.6) is 0 Å². The highest BCUT2D eigenvalue weighted by Gasteiger charge is 2.35. The summed E-state index contributed by atoms with van der Waals surface area (Å²) in [4.78, 5) is 38.3. The first-order valence-electron chi connectivity index (χ1n) is 9.95. The third kappa shape index (κ3) is 4.21. The van der Waals surface area contributed by atoms with Crippen LogP contribution in [0.4, 0.5) is 10.1 Å². The van der Waals surface area contributed by atoms with Crippen molar-refractivity contribution in [3.05, 3.63) is 57.8 Å². The van der Waals surface area contributed by atoms with Crippen LogP contribution in [0.1, 0.15) is 30.5 Å². The number of aromatic nitrogens is 2. The van der Waals surface area contributed by atoms with Gasteiger partial charge in [-0.25, -0.2) is 9.07 Å². The number of nitrogens with one attached hydrogen (secondary N) is 1. The van der Waals surface area contributed by atoms with E-state index in [2.05, 4.69) is 10.4 Å². The molecule has 0 saturated carbocycles. The number of anilines is 1. The van der Waals surface area contributed by atoms with Crippen molar-refractivity contribution in [2.45, 2.75) is 38.6 Å². The van der Waals surface area contributed by atoms with Crippen LogP contribution in [0.25, 0.3) is 0 Å². The Kier molecular flexibility index (Phi) is 5.42. The van der Waals surface area contributed by atoms with Gasteiger partial charge >= 0.3 is 0 Å². The highest BCUT2D eigenvalue weighted by atomic mass is 19.1. The van der Waals surface area contributed by atoms with E-state index in [9.17, 15) is 18.8 Å². The first-order valence-corrected chi connectivity index (χ1v) is 9.95. The molecule has 1 aromatic carbocycles. The van der Waals surface area contributed by atoms with E-state index in [-0.39, 0.29) is 43.4 Å². The number of amides is 2. The molecular formula is C21H23FN4O3. The second-order valence-corrected chi connectivity index (χ2v) is 7.56. The molecule has 152 valence electrons. The molecule has 1 aliphatic heterocycles. The van der Waals surface area contributed by atoms with Gasteiger partial charge in [-0.05, 0) is 49.4 Å². The molecule has 0 spiro atoms. The van der Waals surface area contributed by atoms with Crippen molar-refractivity contribution in [1.29, 1.82) is 0 Å². The Morgan fingerprint density at radius 3 is 2.86 bits per heavy atom. The van der Waals surface area contributed by atoms with Gasteiger partial charge in [0.05, 0.1) is 18.2 Å². The Hall–Kier alpha value is -3.03. The van der Waals surface area contributed by atoms with Gasteiger partial charge in [-0.15, -0.1) is 0 Å². The fraction of sp³-hybridized carbons (Fsp3) is 0.429. The number of aryl methyl sites for hydroxylation is 2. The zero-order valence-electron chi connectivity index (χ0n) is 16.1. The summed E-state index contributed by atoms with van der Waals surface area (Å²) in [5, 5.41) is 7.23. The Labute approximate surface area is 167 Å². The van der Waals surface area contributed by atoms with E-state index in [1.54, 1.807) is 12.1 Å². The summed E-state index contributed by atoms with van der Waals surface area (Å²) in [5.41, 5.74) is 2.29. The number of halogens is 1. The quantitative estimate of drug-likeness (QED) is 0.826. The number of hydrogen-bond donors (Lipinski definition) is 1. The predicted molar refractivity (Wildman–Crippen MR) is 105 cm³/mol. The second-order valence-electron chi connectivity index (χ2n) is 7.56. The second kappa shape index (κ2) is 8.14. The van der Waals surface area contributed by atoms with Crippen LogP contribution in [0.2, 0.25) is 0 Å². The molecule has 2 aromatic rings. The normalized spacial score (nSPS) is 18.6. The van der Waals surface area contributed by atoms with Crippen molar-refractivity contribution in [1.82, 2.24) is 15.1 Å². The number of carbonyl (C=O) groups excluding carboxylic acids is 2. The predicted octanol–water partition coefficient (Wildman–Crippen LogP) is 1.43. The van der Waals surface area contributed by atoms with E-state index in [1.807, 2.05) is 0 Å². The minimum Gasteiger partial charge on any atom is -0.354 e. The molecule has 7 nitrogen and oxygen atoms in total. The molecule has 1 N–H and O–H groups in total. The van der Waals surface area contributed by atoms with E-state index < -0.39 is 11.7 Å². The van der Waals surface area contributed by atoms with Crippen LogP contribution in [0.15, 0.2) is 35.1 Å². The number of hydrogen-bond acceptors (Lipinski definition) is 4. The van der Waals surface area contributed by atoms with Gasteiger partial charge in [-0.2, -0.15) is 5.10 Å². The van der Waals surface area contributed by atoms with E-state index >= 15 is 0 Å². The van der Waals surface area contributed by atoms with Crippen LogP contribution in [0.3, 0.4) is 0 Å². The average Bonchev–Trinajstić information content (AvgIpc) is 3.10. The molecular weight excluding hydrogens is 375 g/mol. The number of nitrogens with zero attached hydrogens (tertiary/aromatic N) is 3. The summed E-state index contributed by atoms with van der Waals surface area (Å²) in [6.07, 6.45) is 4.02. The lowest BCUT2D eigenvalue weighted by Gasteiger charge is -2.17. The molecule has 2 heterocycles. The molecule has 8 heteroatoms. The van der Waals surface area contributed by atoms with E-state index in [4.69, 9.17) is 0 Å². The maximum atomic E-state index is 13.4. The van der Waals surface area contributed by atoms with Crippen LogP contribution in [0, 0.1) is 11.7 Å². The van der Waals surface area contributed by atoms with Crippen molar-refractivity contribution in [2.24, 2.45) is 5.92 Å². The summed E-state index contributed by atoms with van der Waals surface area (Å²) < 4.78 is 14.8. The first kappa shape index (κ1) is 19.3. The summed E-state index contributed by atoms with van der Waals surface area (Å²) in [7, 11) is 0. The van der Waals surface area contributed by atoms with Gasteiger partial charge in [-0.3, -0.25) is 14.4 Å². The van der Waals surface area contributed by atoms with Crippen LogP contribution in [-0.2, 0) is 29.0 Å². The molecule has 29 heavy (non-hydrogen) atoms. The molecule has 2 aliphatic rings. The van der Waals surface area contributed by atoms with Gasteiger partial charge in [-0.1, -0.05) is 6.07 Å². The van der Waals surface area contributed by atoms with Gasteiger partial charge in [0, 0.05) is 31.3 Å². The number of rotatable bonds is 5. The molecule has 1 saturated heterocycles. The minimum atomic E-state index is -0.501. The molecule has 0 radical (unpaired) electrons. The van der Waals surface area contributed by atoms with E-state index in [0.29, 0.717) is 5.69 Å². The Balaban J connectivity index is 1.34. The van der Waals surface area contributed by atoms with Crippen molar-refractivity contribution in [3.63, 3.8) is 0 Å². The van der Waals surface area contributed by atoms with Crippen molar-refractivity contribution in [2.75, 3.05) is 18.0 Å². The smallest absolute Gasteiger partial charge is 0.267 e. The molecule has 0 bridgehead atoms. The molecule has 1 aromatic heterocycles. The highest BCUT2D eigenvalue weighted by molar-refractivity contribution is 6.00.